The zero-order valence-corrected chi connectivity index (χ0v) is 13.2. The molecule has 1 aliphatic heterocycles. The number of amides is 2. The number of halogens is 2. The van der Waals surface area contributed by atoms with Gasteiger partial charge in [0.25, 0.3) is 0 Å². The molecule has 1 N–H and O–H groups in total. The molecule has 1 heterocycles. The van der Waals surface area contributed by atoms with Crippen LogP contribution in [-0.2, 0) is 16.1 Å². The van der Waals surface area contributed by atoms with Crippen molar-refractivity contribution in [1.29, 1.82) is 0 Å². The van der Waals surface area contributed by atoms with E-state index in [-0.39, 0.29) is 30.8 Å². The first-order chi connectivity index (χ1) is 9.94. The number of rotatable bonds is 3. The van der Waals surface area contributed by atoms with E-state index in [0.29, 0.717) is 15.6 Å². The number of nitrogens with one attached hydrogen (secondary N) is 1. The highest BCUT2D eigenvalue weighted by Crippen LogP contribution is 2.45. The van der Waals surface area contributed by atoms with Crippen LogP contribution in [0.3, 0.4) is 0 Å². The van der Waals surface area contributed by atoms with E-state index < -0.39 is 5.54 Å². The first-order valence-electron chi connectivity index (χ1n) is 6.96. The average molecular weight is 327 g/mol. The van der Waals surface area contributed by atoms with Gasteiger partial charge in [-0.1, -0.05) is 29.3 Å². The van der Waals surface area contributed by atoms with Crippen LogP contribution >= 0.6 is 23.2 Å². The molecule has 112 valence electrons. The lowest BCUT2D eigenvalue weighted by Crippen LogP contribution is -2.66. The lowest BCUT2D eigenvalue weighted by atomic mass is 9.89. The molecule has 2 amide bonds. The molecule has 0 aromatic heterocycles. The van der Waals surface area contributed by atoms with E-state index in [4.69, 9.17) is 23.2 Å². The Morgan fingerprint density at radius 3 is 2.48 bits per heavy atom. The number of hydrogen-bond acceptors (Lipinski definition) is 2. The second-order valence-electron chi connectivity index (χ2n) is 5.78. The molecule has 0 bridgehead atoms. The predicted octanol–water partition coefficient (Wildman–Crippen LogP) is 2.62. The molecule has 1 saturated carbocycles. The van der Waals surface area contributed by atoms with Crippen molar-refractivity contribution in [2.45, 2.75) is 31.8 Å². The van der Waals surface area contributed by atoms with Crippen LogP contribution in [0.5, 0.6) is 0 Å². The van der Waals surface area contributed by atoms with Crippen molar-refractivity contribution in [1.82, 2.24) is 10.2 Å². The van der Waals surface area contributed by atoms with Gasteiger partial charge < -0.3 is 10.2 Å². The van der Waals surface area contributed by atoms with Gasteiger partial charge in [0.2, 0.25) is 11.8 Å². The van der Waals surface area contributed by atoms with Gasteiger partial charge in [0.05, 0.1) is 6.54 Å². The summed E-state index contributed by atoms with van der Waals surface area (Å²) in [6, 6.07) is 5.25. The summed E-state index contributed by atoms with van der Waals surface area (Å²) in [5, 5.41) is 3.72. The summed E-state index contributed by atoms with van der Waals surface area (Å²) in [4.78, 5) is 26.3. The minimum atomic E-state index is -0.808. The van der Waals surface area contributed by atoms with Crippen LogP contribution in [-0.4, -0.2) is 28.8 Å². The maximum Gasteiger partial charge on any atom is 0.246 e. The Kier molecular flexibility index (Phi) is 3.62. The Labute approximate surface area is 133 Å². The van der Waals surface area contributed by atoms with E-state index in [1.165, 1.54) is 0 Å². The van der Waals surface area contributed by atoms with Crippen molar-refractivity contribution in [2.75, 3.05) is 6.54 Å². The molecule has 0 radical (unpaired) electrons. The molecule has 1 aliphatic carbocycles. The Morgan fingerprint density at radius 1 is 1.29 bits per heavy atom. The average Bonchev–Trinajstić information content (AvgIpc) is 3.27. The second-order valence-corrected chi connectivity index (χ2v) is 6.60. The molecule has 0 spiro atoms. The highest BCUT2D eigenvalue weighted by molar-refractivity contribution is 6.36. The molecule has 21 heavy (non-hydrogen) atoms. The van der Waals surface area contributed by atoms with Gasteiger partial charge in [0, 0.05) is 22.2 Å². The third kappa shape index (κ3) is 2.40. The fourth-order valence-corrected chi connectivity index (χ4v) is 3.47. The number of piperazine rings is 1. The fraction of sp³-hybridized carbons (Fsp3) is 0.467. The van der Waals surface area contributed by atoms with Gasteiger partial charge in [-0.3, -0.25) is 9.59 Å². The van der Waals surface area contributed by atoms with Crippen molar-refractivity contribution in [3.8, 4) is 0 Å². The monoisotopic (exact) mass is 326 g/mol. The van der Waals surface area contributed by atoms with E-state index >= 15 is 0 Å². The second kappa shape index (κ2) is 5.18. The van der Waals surface area contributed by atoms with Gasteiger partial charge in [-0.05, 0) is 37.8 Å². The van der Waals surface area contributed by atoms with E-state index in [1.807, 2.05) is 6.92 Å². The Balaban J connectivity index is 1.97. The highest BCUT2D eigenvalue weighted by Gasteiger charge is 2.54. The van der Waals surface area contributed by atoms with Gasteiger partial charge in [-0.25, -0.2) is 0 Å². The Hall–Kier alpha value is -1.26. The van der Waals surface area contributed by atoms with Crippen molar-refractivity contribution in [3.05, 3.63) is 33.8 Å². The van der Waals surface area contributed by atoms with Crippen LogP contribution in [0, 0.1) is 5.92 Å². The zero-order valence-electron chi connectivity index (χ0n) is 11.7. The molecular weight excluding hydrogens is 311 g/mol. The molecule has 1 saturated heterocycles. The summed E-state index contributed by atoms with van der Waals surface area (Å²) in [5.74, 6) is 0.0239. The smallest absolute Gasteiger partial charge is 0.246 e. The third-order valence-electron chi connectivity index (χ3n) is 4.47. The van der Waals surface area contributed by atoms with Gasteiger partial charge in [0.1, 0.15) is 5.54 Å². The van der Waals surface area contributed by atoms with Gasteiger partial charge in [-0.2, -0.15) is 0 Å². The molecule has 2 aliphatic rings. The summed E-state index contributed by atoms with van der Waals surface area (Å²) in [6.07, 6.45) is 1.92. The number of carbonyl (C=O) groups excluding carboxylic acids is 2. The topological polar surface area (TPSA) is 49.4 Å². The van der Waals surface area contributed by atoms with Crippen molar-refractivity contribution < 1.29 is 9.59 Å². The summed E-state index contributed by atoms with van der Waals surface area (Å²) in [7, 11) is 0. The number of benzene rings is 1. The molecule has 6 heteroatoms. The summed E-state index contributed by atoms with van der Waals surface area (Å²) >= 11 is 12.4. The number of carbonyl (C=O) groups is 2. The van der Waals surface area contributed by atoms with Crippen molar-refractivity contribution in [3.63, 3.8) is 0 Å². The van der Waals surface area contributed by atoms with Crippen LogP contribution in [0.1, 0.15) is 25.3 Å². The van der Waals surface area contributed by atoms with E-state index in [2.05, 4.69) is 5.32 Å². The molecule has 1 atom stereocenters. The first-order valence-corrected chi connectivity index (χ1v) is 7.72. The summed E-state index contributed by atoms with van der Waals surface area (Å²) in [6.45, 7) is 2.13. The van der Waals surface area contributed by atoms with E-state index in [1.54, 1.807) is 23.1 Å². The van der Waals surface area contributed by atoms with Crippen molar-refractivity contribution in [2.24, 2.45) is 5.92 Å². The minimum absolute atomic E-state index is 0.0310. The van der Waals surface area contributed by atoms with E-state index in [0.717, 1.165) is 12.8 Å². The SMILES string of the molecule is CC1(C2CC2)C(=O)NCC(=O)N1Cc1c(Cl)cccc1Cl. The number of nitrogens with zero attached hydrogens (tertiary/aromatic N) is 1. The van der Waals surface area contributed by atoms with Crippen LogP contribution in [0.25, 0.3) is 0 Å². The molecule has 1 unspecified atom stereocenters. The normalized spacial score (nSPS) is 26.0. The largest absolute Gasteiger partial charge is 0.345 e. The highest BCUT2D eigenvalue weighted by atomic mass is 35.5. The van der Waals surface area contributed by atoms with Gasteiger partial charge in [0.15, 0.2) is 0 Å². The molecule has 1 aromatic rings. The molecule has 4 nitrogen and oxygen atoms in total. The number of hydrogen-bond donors (Lipinski definition) is 1. The van der Waals surface area contributed by atoms with Crippen LogP contribution < -0.4 is 5.32 Å². The van der Waals surface area contributed by atoms with Crippen LogP contribution in [0.4, 0.5) is 0 Å². The molecule has 3 rings (SSSR count). The molecular formula is C15H16Cl2N2O2. The summed E-state index contributed by atoms with van der Waals surface area (Å²) < 4.78 is 0. The van der Waals surface area contributed by atoms with E-state index in [9.17, 15) is 9.59 Å². The quantitative estimate of drug-likeness (QED) is 0.928. The van der Waals surface area contributed by atoms with Crippen LogP contribution in [0.2, 0.25) is 10.0 Å². The maximum atomic E-state index is 12.3. The molecule has 2 fully saturated rings. The standard InChI is InChI=1S/C15H16Cl2N2O2/c1-15(9-5-6-9)14(21)18-7-13(20)19(15)8-10-11(16)3-2-4-12(10)17/h2-4,9H,5-8H2,1H3,(H,18,21). The van der Waals surface area contributed by atoms with Crippen LogP contribution in [0.15, 0.2) is 18.2 Å². The zero-order chi connectivity index (χ0) is 15.2. The van der Waals surface area contributed by atoms with Gasteiger partial charge >= 0.3 is 0 Å². The lowest BCUT2D eigenvalue weighted by molar-refractivity contribution is -0.155. The lowest BCUT2D eigenvalue weighted by Gasteiger charge is -2.44. The predicted molar refractivity (Wildman–Crippen MR) is 81.2 cm³/mol. The fourth-order valence-electron chi connectivity index (χ4n) is 2.96. The Bertz CT molecular complexity index is 595. The first kappa shape index (κ1) is 14.7. The molecule has 1 aromatic carbocycles. The third-order valence-corrected chi connectivity index (χ3v) is 5.18. The Morgan fingerprint density at radius 2 is 1.90 bits per heavy atom. The maximum absolute atomic E-state index is 12.3. The summed E-state index contributed by atoms with van der Waals surface area (Å²) in [5.41, 5.74) is -0.117. The van der Waals surface area contributed by atoms with Crippen molar-refractivity contribution >= 4 is 35.0 Å². The van der Waals surface area contributed by atoms with Gasteiger partial charge in [-0.15, -0.1) is 0 Å². The minimum Gasteiger partial charge on any atom is -0.345 e.